The summed E-state index contributed by atoms with van der Waals surface area (Å²) in [6.07, 6.45) is 1.67. The van der Waals surface area contributed by atoms with Gasteiger partial charge < -0.3 is 20.7 Å². The first-order valence-electron chi connectivity index (χ1n) is 9.89. The summed E-state index contributed by atoms with van der Waals surface area (Å²) in [4.78, 5) is 34.8. The molecule has 0 saturated heterocycles. The van der Waals surface area contributed by atoms with Gasteiger partial charge in [0.25, 0.3) is 5.91 Å². The second kappa shape index (κ2) is 9.42. The van der Waals surface area contributed by atoms with Gasteiger partial charge in [-0.15, -0.1) is 11.3 Å². The Morgan fingerprint density at radius 2 is 2.06 bits per heavy atom. The number of anilines is 5. The molecule has 9 nitrogen and oxygen atoms in total. The molecule has 0 radical (unpaired) electrons. The number of carbonyl (C=O) groups excluding carboxylic acids is 2. The van der Waals surface area contributed by atoms with E-state index >= 15 is 0 Å². The van der Waals surface area contributed by atoms with Crippen molar-refractivity contribution in [3.63, 3.8) is 0 Å². The minimum atomic E-state index is -0.383. The summed E-state index contributed by atoms with van der Waals surface area (Å²) in [5, 5.41) is 9.16. The third-order valence-electron chi connectivity index (χ3n) is 5.08. The van der Waals surface area contributed by atoms with Crippen LogP contribution in [0.4, 0.5) is 33.6 Å². The van der Waals surface area contributed by atoms with Gasteiger partial charge in [0.1, 0.15) is 9.90 Å². The van der Waals surface area contributed by atoms with Crippen LogP contribution in [0.5, 0.6) is 0 Å². The molecule has 1 aromatic carbocycles. The Bertz CT molecular complexity index is 1250. The molecule has 1 aliphatic heterocycles. The van der Waals surface area contributed by atoms with E-state index in [0.29, 0.717) is 39.7 Å². The van der Waals surface area contributed by atoms with Crippen molar-refractivity contribution in [2.24, 2.45) is 0 Å². The summed E-state index contributed by atoms with van der Waals surface area (Å²) in [6.45, 7) is 2.12. The minimum Gasteiger partial charge on any atom is -0.449 e. The summed E-state index contributed by atoms with van der Waals surface area (Å²) >= 11 is 13.7. The second-order valence-electron chi connectivity index (χ2n) is 7.19. The van der Waals surface area contributed by atoms with Gasteiger partial charge in [-0.3, -0.25) is 9.69 Å². The number of aromatic nitrogens is 2. The highest BCUT2D eigenvalue weighted by Crippen LogP contribution is 2.39. The fraction of sp³-hybridized carbons (Fsp3) is 0.238. The number of carbonyl (C=O) groups is 2. The lowest BCUT2D eigenvalue weighted by Gasteiger charge is -2.17. The molecular weight excluding hydrogens is 487 g/mol. The fourth-order valence-electron chi connectivity index (χ4n) is 3.31. The number of benzene rings is 1. The second-order valence-corrected chi connectivity index (χ2v) is 9.22. The lowest BCUT2D eigenvalue weighted by molar-refractivity contribution is 0.0967. The number of cyclic esters (lactones) is 1. The molecule has 3 N–H and O–H groups in total. The van der Waals surface area contributed by atoms with Gasteiger partial charge in [-0.2, -0.15) is 4.98 Å². The van der Waals surface area contributed by atoms with Crippen molar-refractivity contribution in [3.05, 3.63) is 49.8 Å². The number of hydrogen-bond acceptors (Lipinski definition) is 8. The molecule has 0 atom stereocenters. The number of fused-ring (bicyclic) bond motifs is 1. The molecule has 33 heavy (non-hydrogen) atoms. The first kappa shape index (κ1) is 23.1. The maximum atomic E-state index is 12.3. The van der Waals surface area contributed by atoms with E-state index in [2.05, 4.69) is 25.9 Å². The van der Waals surface area contributed by atoms with E-state index in [0.717, 1.165) is 22.5 Å². The molecule has 0 aliphatic carbocycles. The zero-order valence-electron chi connectivity index (χ0n) is 18.0. The van der Waals surface area contributed by atoms with Crippen LogP contribution in [0.1, 0.15) is 20.8 Å². The van der Waals surface area contributed by atoms with Crippen molar-refractivity contribution in [2.75, 3.05) is 36.2 Å². The lowest BCUT2D eigenvalue weighted by Crippen LogP contribution is -2.25. The summed E-state index contributed by atoms with van der Waals surface area (Å²) in [5.41, 5.74) is 3.74. The van der Waals surface area contributed by atoms with Gasteiger partial charge in [-0.25, -0.2) is 9.78 Å². The third-order valence-corrected chi connectivity index (χ3v) is 6.95. The monoisotopic (exact) mass is 506 g/mol. The standard InChI is InChI=1S/C21H20Cl2N6O3S/c1-10-15(16(19(30)24-2)33-17(10)23)27-18-13(22)9-25-20(28-18)26-12-4-5-14-11(8-12)6-7-32-21(31)29(14)3/h4-5,8-9H,6-7H2,1-3H3,(H,24,30)(H2,25,26,27,28). The highest BCUT2D eigenvalue weighted by atomic mass is 35.5. The molecule has 0 unspecified atom stereocenters. The van der Waals surface area contributed by atoms with Crippen molar-refractivity contribution in [3.8, 4) is 0 Å². The predicted molar refractivity (Wildman–Crippen MR) is 131 cm³/mol. The molecule has 0 bridgehead atoms. The van der Waals surface area contributed by atoms with Crippen LogP contribution in [0, 0.1) is 6.92 Å². The van der Waals surface area contributed by atoms with Crippen molar-refractivity contribution in [1.29, 1.82) is 0 Å². The number of amides is 2. The van der Waals surface area contributed by atoms with Gasteiger partial charge in [0.2, 0.25) is 5.95 Å². The third kappa shape index (κ3) is 4.68. The van der Waals surface area contributed by atoms with E-state index in [4.69, 9.17) is 27.9 Å². The molecule has 2 aromatic heterocycles. The van der Waals surface area contributed by atoms with Crippen LogP contribution in [-0.4, -0.2) is 42.7 Å². The zero-order chi connectivity index (χ0) is 23.7. The highest BCUT2D eigenvalue weighted by Gasteiger charge is 2.22. The number of rotatable bonds is 5. The summed E-state index contributed by atoms with van der Waals surface area (Å²) in [5.74, 6) is 0.362. The molecule has 172 valence electrons. The maximum absolute atomic E-state index is 12.3. The Morgan fingerprint density at radius 1 is 1.27 bits per heavy atom. The van der Waals surface area contributed by atoms with Crippen LogP contribution in [0.25, 0.3) is 0 Å². The first-order valence-corrected chi connectivity index (χ1v) is 11.5. The smallest absolute Gasteiger partial charge is 0.414 e. The summed E-state index contributed by atoms with van der Waals surface area (Å²) in [6, 6.07) is 5.59. The molecule has 3 aromatic rings. The Labute approximate surface area is 204 Å². The van der Waals surface area contributed by atoms with Gasteiger partial charge in [0.15, 0.2) is 5.82 Å². The molecular formula is C21H20Cl2N6O3S. The van der Waals surface area contributed by atoms with Crippen LogP contribution < -0.4 is 20.9 Å². The molecule has 1 aliphatic rings. The molecule has 0 fully saturated rings. The molecule has 0 saturated carbocycles. The number of hydrogen-bond donors (Lipinski definition) is 3. The van der Waals surface area contributed by atoms with E-state index in [1.54, 1.807) is 14.1 Å². The van der Waals surface area contributed by atoms with E-state index in [9.17, 15) is 9.59 Å². The first-order chi connectivity index (χ1) is 15.8. The van der Waals surface area contributed by atoms with Gasteiger partial charge in [0.05, 0.1) is 28.5 Å². The van der Waals surface area contributed by atoms with Crippen molar-refractivity contribution < 1.29 is 14.3 Å². The summed E-state index contributed by atoms with van der Waals surface area (Å²) < 4.78 is 5.67. The average Bonchev–Trinajstić information content (AvgIpc) is 3.00. The van der Waals surface area contributed by atoms with Crippen molar-refractivity contribution in [2.45, 2.75) is 13.3 Å². The molecule has 0 spiro atoms. The van der Waals surface area contributed by atoms with Crippen LogP contribution in [0.3, 0.4) is 0 Å². The molecule has 3 heterocycles. The molecule has 2 amide bonds. The van der Waals surface area contributed by atoms with E-state index in [1.165, 1.54) is 22.4 Å². The molecule has 12 heteroatoms. The number of ether oxygens (including phenoxy) is 1. The van der Waals surface area contributed by atoms with Gasteiger partial charge >= 0.3 is 6.09 Å². The topological polar surface area (TPSA) is 108 Å². The Balaban J connectivity index is 1.61. The number of nitrogens with one attached hydrogen (secondary N) is 3. The Hall–Kier alpha value is -3.08. The fourth-order valence-corrected chi connectivity index (χ4v) is 4.71. The maximum Gasteiger partial charge on any atom is 0.414 e. The highest BCUT2D eigenvalue weighted by molar-refractivity contribution is 7.18. The lowest BCUT2D eigenvalue weighted by atomic mass is 10.1. The van der Waals surface area contributed by atoms with E-state index in [1.807, 2.05) is 25.1 Å². The van der Waals surface area contributed by atoms with E-state index in [-0.39, 0.29) is 17.0 Å². The zero-order valence-corrected chi connectivity index (χ0v) is 20.3. The van der Waals surface area contributed by atoms with Crippen LogP contribution in [-0.2, 0) is 11.2 Å². The van der Waals surface area contributed by atoms with Crippen molar-refractivity contribution >= 4 is 75.4 Å². The number of halogens is 2. The van der Waals surface area contributed by atoms with Crippen molar-refractivity contribution in [1.82, 2.24) is 15.3 Å². The normalized spacial score (nSPS) is 13.1. The SMILES string of the molecule is CNC(=O)c1sc(Cl)c(C)c1Nc1nc(Nc2ccc3c(c2)CCOC(=O)N3C)ncc1Cl. The van der Waals surface area contributed by atoms with Gasteiger partial charge in [-0.05, 0) is 30.7 Å². The van der Waals surface area contributed by atoms with Gasteiger partial charge in [0, 0.05) is 31.8 Å². The van der Waals surface area contributed by atoms with E-state index < -0.39 is 0 Å². The number of nitrogens with zero attached hydrogens (tertiary/aromatic N) is 3. The minimum absolute atomic E-state index is 0.265. The van der Waals surface area contributed by atoms with Crippen LogP contribution in [0.2, 0.25) is 9.36 Å². The quantitative estimate of drug-likeness (QED) is 0.440. The summed E-state index contributed by atoms with van der Waals surface area (Å²) in [7, 11) is 3.22. The average molecular weight is 507 g/mol. The molecule has 4 rings (SSSR count). The predicted octanol–water partition coefficient (Wildman–Crippen LogP) is 5.13. The Morgan fingerprint density at radius 3 is 2.82 bits per heavy atom. The largest absolute Gasteiger partial charge is 0.449 e. The Kier molecular flexibility index (Phi) is 6.59. The van der Waals surface area contributed by atoms with Crippen LogP contribution >= 0.6 is 34.5 Å². The number of thiophene rings is 1. The van der Waals surface area contributed by atoms with Crippen LogP contribution in [0.15, 0.2) is 24.4 Å². The van der Waals surface area contributed by atoms with Gasteiger partial charge in [-0.1, -0.05) is 23.2 Å².